The molecule has 0 aliphatic carbocycles. The van der Waals surface area contributed by atoms with Gasteiger partial charge in [-0.3, -0.25) is 9.10 Å². The number of hydrogen-bond donors (Lipinski definition) is 2. The molecule has 0 unspecified atom stereocenters. The van der Waals surface area contributed by atoms with Crippen molar-refractivity contribution in [3.8, 4) is 0 Å². The van der Waals surface area contributed by atoms with Gasteiger partial charge >= 0.3 is 5.97 Å². The number of rotatable bonds is 9. The predicted molar refractivity (Wildman–Crippen MR) is 151 cm³/mol. The fourth-order valence-electron chi connectivity index (χ4n) is 3.75. The minimum Gasteiger partial charge on any atom is -0.478 e. The number of carbonyl (C=O) groups is 2. The molecule has 4 aromatic rings. The Bertz CT molecular complexity index is 1620. The lowest BCUT2D eigenvalue weighted by molar-refractivity contribution is 0.0696. The smallest absolute Gasteiger partial charge is 0.335 e. The highest BCUT2D eigenvalue weighted by molar-refractivity contribution is 7.92. The standard InChI is InChI=1S/C29H24ClN3O5S/c1-20-26(30)8-5-9-27(20)33(39(37,38)25-6-3-2-4-7-25)19-22-12-14-23(15-13-22)28(34)32-31-18-21-10-16-24(17-11-21)29(35)36/h2-18H,19H2,1H3,(H,32,34)(H,35,36)/b31-18-. The number of hydrogen-bond acceptors (Lipinski definition) is 5. The Balaban J connectivity index is 1.52. The highest BCUT2D eigenvalue weighted by Gasteiger charge is 2.27. The summed E-state index contributed by atoms with van der Waals surface area (Å²) in [6.07, 6.45) is 1.40. The third-order valence-electron chi connectivity index (χ3n) is 5.92. The Morgan fingerprint density at radius 3 is 2.18 bits per heavy atom. The summed E-state index contributed by atoms with van der Waals surface area (Å²) in [7, 11) is -3.92. The van der Waals surface area contributed by atoms with Crippen LogP contribution in [0.3, 0.4) is 0 Å². The molecule has 198 valence electrons. The number of halogens is 1. The zero-order valence-corrected chi connectivity index (χ0v) is 22.4. The van der Waals surface area contributed by atoms with Crippen molar-refractivity contribution in [3.05, 3.63) is 130 Å². The van der Waals surface area contributed by atoms with E-state index in [0.717, 1.165) is 0 Å². The van der Waals surface area contributed by atoms with Crippen LogP contribution in [-0.4, -0.2) is 31.6 Å². The number of aromatic carboxylic acids is 1. The summed E-state index contributed by atoms with van der Waals surface area (Å²) >= 11 is 6.31. The molecule has 0 atom stereocenters. The van der Waals surface area contributed by atoms with Gasteiger partial charge in [0.15, 0.2) is 0 Å². The minimum atomic E-state index is -3.92. The van der Waals surface area contributed by atoms with Gasteiger partial charge in [0.1, 0.15) is 0 Å². The predicted octanol–water partition coefficient (Wildman–Crippen LogP) is 5.51. The number of nitrogens with one attached hydrogen (secondary N) is 1. The van der Waals surface area contributed by atoms with Crippen LogP contribution in [0.2, 0.25) is 5.02 Å². The second-order valence-electron chi connectivity index (χ2n) is 8.53. The average molecular weight is 562 g/mol. The first-order valence-corrected chi connectivity index (χ1v) is 13.6. The number of benzene rings is 4. The van der Waals surface area contributed by atoms with Crippen LogP contribution in [0.15, 0.2) is 107 Å². The van der Waals surface area contributed by atoms with Gasteiger partial charge in [-0.1, -0.05) is 60.1 Å². The van der Waals surface area contributed by atoms with Gasteiger partial charge in [-0.2, -0.15) is 5.10 Å². The summed E-state index contributed by atoms with van der Waals surface area (Å²) in [5.74, 6) is -1.49. The maximum atomic E-state index is 13.6. The number of sulfonamides is 1. The zero-order valence-electron chi connectivity index (χ0n) is 20.8. The van der Waals surface area contributed by atoms with Crippen molar-refractivity contribution in [2.24, 2.45) is 5.10 Å². The second-order valence-corrected chi connectivity index (χ2v) is 10.8. The Kier molecular flexibility index (Phi) is 8.43. The molecule has 0 saturated heterocycles. The lowest BCUT2D eigenvalue weighted by Crippen LogP contribution is -2.31. The third kappa shape index (κ3) is 6.51. The maximum Gasteiger partial charge on any atom is 0.335 e. The van der Waals surface area contributed by atoms with Crippen LogP contribution in [0.1, 0.15) is 37.4 Å². The Morgan fingerprint density at radius 1 is 0.897 bits per heavy atom. The molecule has 4 aromatic carbocycles. The van der Waals surface area contributed by atoms with Crippen molar-refractivity contribution >= 4 is 45.4 Å². The number of carbonyl (C=O) groups excluding carboxylic acids is 1. The van der Waals surface area contributed by atoms with Crippen molar-refractivity contribution in [1.82, 2.24) is 5.43 Å². The van der Waals surface area contributed by atoms with Crippen LogP contribution in [0.4, 0.5) is 5.69 Å². The van der Waals surface area contributed by atoms with Crippen LogP contribution in [0, 0.1) is 6.92 Å². The second kappa shape index (κ2) is 11.9. The van der Waals surface area contributed by atoms with Gasteiger partial charge in [0.2, 0.25) is 0 Å². The van der Waals surface area contributed by atoms with Crippen molar-refractivity contribution < 1.29 is 23.1 Å². The number of carboxylic acids is 1. The van der Waals surface area contributed by atoms with Gasteiger partial charge < -0.3 is 5.11 Å². The molecule has 0 saturated carbocycles. The van der Waals surface area contributed by atoms with E-state index in [2.05, 4.69) is 10.5 Å². The molecule has 0 heterocycles. The van der Waals surface area contributed by atoms with E-state index in [4.69, 9.17) is 16.7 Å². The summed E-state index contributed by atoms with van der Waals surface area (Å²) in [4.78, 5) is 23.6. The molecule has 4 rings (SSSR count). The largest absolute Gasteiger partial charge is 0.478 e. The first-order chi connectivity index (χ1) is 18.7. The van der Waals surface area contributed by atoms with Crippen LogP contribution in [-0.2, 0) is 16.6 Å². The molecule has 0 bridgehead atoms. The first-order valence-electron chi connectivity index (χ1n) is 11.8. The number of hydrazone groups is 1. The van der Waals surface area contributed by atoms with Gasteiger partial charge in [-0.25, -0.2) is 18.6 Å². The molecule has 2 N–H and O–H groups in total. The molecule has 1 amide bonds. The lowest BCUT2D eigenvalue weighted by Gasteiger charge is -2.26. The van der Waals surface area contributed by atoms with E-state index < -0.39 is 21.9 Å². The van der Waals surface area contributed by atoms with Crippen molar-refractivity contribution in [2.75, 3.05) is 4.31 Å². The number of anilines is 1. The average Bonchev–Trinajstić information content (AvgIpc) is 2.94. The van der Waals surface area contributed by atoms with Crippen LogP contribution in [0.5, 0.6) is 0 Å². The normalized spacial score (nSPS) is 11.3. The van der Waals surface area contributed by atoms with Crippen molar-refractivity contribution in [1.29, 1.82) is 0 Å². The zero-order chi connectivity index (χ0) is 28.0. The van der Waals surface area contributed by atoms with Gasteiger partial charge in [-0.05, 0) is 72.1 Å². The molecule has 0 fully saturated rings. The summed E-state index contributed by atoms with van der Waals surface area (Å²) in [5.41, 5.74) is 5.26. The topological polar surface area (TPSA) is 116 Å². The van der Waals surface area contributed by atoms with E-state index in [-0.39, 0.29) is 17.0 Å². The molecular formula is C29H24ClN3O5S. The Labute approximate surface area is 231 Å². The van der Waals surface area contributed by atoms with Crippen LogP contribution < -0.4 is 9.73 Å². The van der Waals surface area contributed by atoms with Gasteiger partial charge in [-0.15, -0.1) is 0 Å². The third-order valence-corrected chi connectivity index (χ3v) is 8.10. The molecule has 0 radical (unpaired) electrons. The minimum absolute atomic E-state index is 0.0187. The fourth-order valence-corrected chi connectivity index (χ4v) is 5.46. The molecule has 39 heavy (non-hydrogen) atoms. The van der Waals surface area contributed by atoms with Gasteiger partial charge in [0, 0.05) is 10.6 Å². The van der Waals surface area contributed by atoms with E-state index in [1.165, 1.54) is 34.8 Å². The number of amides is 1. The van der Waals surface area contributed by atoms with Gasteiger partial charge in [0.25, 0.3) is 15.9 Å². The molecule has 0 aromatic heterocycles. The summed E-state index contributed by atoms with van der Waals surface area (Å²) in [5, 5.41) is 13.3. The highest BCUT2D eigenvalue weighted by Crippen LogP contribution is 2.32. The molecule has 0 aliphatic heterocycles. The summed E-state index contributed by atoms with van der Waals surface area (Å²) in [6.45, 7) is 1.78. The van der Waals surface area contributed by atoms with Gasteiger partial charge in [0.05, 0.1) is 28.9 Å². The molecular weight excluding hydrogens is 538 g/mol. The first kappa shape index (κ1) is 27.6. The quantitative estimate of drug-likeness (QED) is 0.206. The van der Waals surface area contributed by atoms with E-state index in [0.29, 0.717) is 33.0 Å². The van der Waals surface area contributed by atoms with Crippen molar-refractivity contribution in [2.45, 2.75) is 18.4 Å². The lowest BCUT2D eigenvalue weighted by atomic mass is 10.1. The summed E-state index contributed by atoms with van der Waals surface area (Å²) in [6, 6.07) is 25.8. The molecule has 0 spiro atoms. The number of carboxylic acid groups (broad SMARTS) is 1. The van der Waals surface area contributed by atoms with E-state index in [9.17, 15) is 18.0 Å². The van der Waals surface area contributed by atoms with Crippen LogP contribution in [0.25, 0.3) is 0 Å². The fraction of sp³-hybridized carbons (Fsp3) is 0.0690. The molecule has 0 aliphatic rings. The Hall–Kier alpha value is -4.47. The monoisotopic (exact) mass is 561 g/mol. The summed E-state index contributed by atoms with van der Waals surface area (Å²) < 4.78 is 28.6. The maximum absolute atomic E-state index is 13.6. The highest BCUT2D eigenvalue weighted by atomic mass is 35.5. The van der Waals surface area contributed by atoms with E-state index in [1.54, 1.807) is 79.7 Å². The number of nitrogens with zero attached hydrogens (tertiary/aromatic N) is 2. The van der Waals surface area contributed by atoms with E-state index in [1.807, 2.05) is 0 Å². The molecule has 10 heteroatoms. The Morgan fingerprint density at radius 2 is 1.54 bits per heavy atom. The molecule has 8 nitrogen and oxygen atoms in total. The van der Waals surface area contributed by atoms with Crippen LogP contribution >= 0.6 is 11.6 Å². The SMILES string of the molecule is Cc1c(Cl)cccc1N(Cc1ccc(C(=O)N/N=C\c2ccc(C(=O)O)cc2)cc1)S(=O)(=O)c1ccccc1. The van der Waals surface area contributed by atoms with E-state index >= 15 is 0 Å². The van der Waals surface area contributed by atoms with Crippen molar-refractivity contribution in [3.63, 3.8) is 0 Å².